The first-order valence-corrected chi connectivity index (χ1v) is 4.95. The maximum Gasteiger partial charge on any atom is 0.0991 e. The van der Waals surface area contributed by atoms with Gasteiger partial charge in [0.15, 0.2) is 0 Å². The maximum atomic E-state index is 9.19. The van der Waals surface area contributed by atoms with Gasteiger partial charge in [-0.1, -0.05) is 12.1 Å². The van der Waals surface area contributed by atoms with Gasteiger partial charge in [0, 0.05) is 6.42 Å². The Labute approximate surface area is 95.2 Å². The summed E-state index contributed by atoms with van der Waals surface area (Å²) in [5.41, 5.74) is 0.642. The Morgan fingerprint density at radius 1 is 1.25 bits per heavy atom. The largest absolute Gasteiger partial charge is 0.198 e. The molecule has 0 spiro atoms. The summed E-state index contributed by atoms with van der Waals surface area (Å²) in [6, 6.07) is 13.3. The van der Waals surface area contributed by atoms with Crippen molar-refractivity contribution in [2.75, 3.05) is 0 Å². The topological polar surface area (TPSA) is 71.4 Å². The van der Waals surface area contributed by atoms with Gasteiger partial charge in [-0.2, -0.15) is 15.8 Å². The van der Waals surface area contributed by atoms with E-state index >= 15 is 0 Å². The lowest BCUT2D eigenvalue weighted by Gasteiger charge is -2.20. The van der Waals surface area contributed by atoms with E-state index in [0.29, 0.717) is 18.4 Å². The molecule has 78 valence electrons. The minimum absolute atomic E-state index is 0.334. The van der Waals surface area contributed by atoms with Crippen LogP contribution in [-0.4, -0.2) is 0 Å². The zero-order valence-electron chi connectivity index (χ0n) is 9.07. The molecule has 0 aliphatic carbocycles. The molecule has 0 saturated carbocycles. The molecule has 0 fully saturated rings. The molecular formula is C13H11N3. The van der Waals surface area contributed by atoms with Gasteiger partial charge in [-0.15, -0.1) is 0 Å². The Bertz CT molecular complexity index is 499. The molecule has 1 aromatic rings. The summed E-state index contributed by atoms with van der Waals surface area (Å²) in [4.78, 5) is 0. The molecular weight excluding hydrogens is 198 g/mol. The molecule has 0 bridgehead atoms. The van der Waals surface area contributed by atoms with Gasteiger partial charge in [-0.3, -0.25) is 0 Å². The Morgan fingerprint density at radius 3 is 2.56 bits per heavy atom. The third-order valence-corrected chi connectivity index (χ3v) is 2.61. The summed E-state index contributed by atoms with van der Waals surface area (Å²) in [5, 5.41) is 26.5. The van der Waals surface area contributed by atoms with E-state index in [4.69, 9.17) is 10.5 Å². The minimum atomic E-state index is -0.692. The average molecular weight is 209 g/mol. The second-order valence-electron chi connectivity index (χ2n) is 3.79. The second kappa shape index (κ2) is 4.96. The Balaban J connectivity index is 3.10. The molecule has 0 heterocycles. The van der Waals surface area contributed by atoms with E-state index in [0.717, 1.165) is 5.56 Å². The molecule has 0 N–H and O–H groups in total. The first kappa shape index (κ1) is 11.8. The van der Waals surface area contributed by atoms with Crippen molar-refractivity contribution in [2.45, 2.75) is 25.2 Å². The lowest BCUT2D eigenvalue weighted by atomic mass is 9.79. The van der Waals surface area contributed by atoms with E-state index in [-0.39, 0.29) is 0 Å². The van der Waals surface area contributed by atoms with Crippen LogP contribution < -0.4 is 0 Å². The molecule has 1 aromatic carbocycles. The molecule has 0 saturated heterocycles. The molecule has 1 rings (SSSR count). The first-order chi connectivity index (χ1) is 7.66. The molecule has 0 aliphatic heterocycles. The van der Waals surface area contributed by atoms with Crippen molar-refractivity contribution < 1.29 is 0 Å². The summed E-state index contributed by atoms with van der Waals surface area (Å²) in [6.07, 6.45) is 0.815. The maximum absolute atomic E-state index is 9.19. The quantitative estimate of drug-likeness (QED) is 0.768. The molecule has 1 unspecified atom stereocenters. The lowest BCUT2D eigenvalue weighted by Crippen LogP contribution is -2.19. The smallest absolute Gasteiger partial charge is 0.0991 e. The van der Waals surface area contributed by atoms with Crippen LogP contribution in [0.5, 0.6) is 0 Å². The molecule has 16 heavy (non-hydrogen) atoms. The molecule has 3 heteroatoms. The van der Waals surface area contributed by atoms with Gasteiger partial charge >= 0.3 is 0 Å². The highest BCUT2D eigenvalue weighted by molar-refractivity contribution is 5.39. The predicted molar refractivity (Wildman–Crippen MR) is 59.0 cm³/mol. The molecule has 0 amide bonds. The Kier molecular flexibility index (Phi) is 3.65. The van der Waals surface area contributed by atoms with Gasteiger partial charge in [0.1, 0.15) is 0 Å². The predicted octanol–water partition coefficient (Wildman–Crippen LogP) is 2.64. The van der Waals surface area contributed by atoms with Gasteiger partial charge in [-0.25, -0.2) is 0 Å². The van der Waals surface area contributed by atoms with Crippen LogP contribution in [0.4, 0.5) is 0 Å². The third-order valence-electron chi connectivity index (χ3n) is 2.61. The summed E-state index contributed by atoms with van der Waals surface area (Å²) >= 11 is 0. The monoisotopic (exact) mass is 209 g/mol. The zero-order chi connectivity index (χ0) is 12.0. The van der Waals surface area contributed by atoms with Crippen molar-refractivity contribution in [2.24, 2.45) is 0 Å². The van der Waals surface area contributed by atoms with Crippen molar-refractivity contribution in [3.63, 3.8) is 0 Å². The number of nitrogens with zero attached hydrogens (tertiary/aromatic N) is 3. The SMILES string of the molecule is CC(C#N)(CCC#N)c1cccc(C#N)c1. The van der Waals surface area contributed by atoms with Crippen molar-refractivity contribution in [1.29, 1.82) is 15.8 Å². The first-order valence-electron chi connectivity index (χ1n) is 4.95. The second-order valence-corrected chi connectivity index (χ2v) is 3.79. The summed E-state index contributed by atoms with van der Waals surface area (Å²) in [6.45, 7) is 1.79. The van der Waals surface area contributed by atoms with Gasteiger partial charge in [0.2, 0.25) is 0 Å². The summed E-state index contributed by atoms with van der Waals surface area (Å²) in [7, 11) is 0. The van der Waals surface area contributed by atoms with Crippen LogP contribution in [0.2, 0.25) is 0 Å². The van der Waals surface area contributed by atoms with Crippen molar-refractivity contribution in [1.82, 2.24) is 0 Å². The highest BCUT2D eigenvalue weighted by atomic mass is 14.4. The van der Waals surface area contributed by atoms with Gasteiger partial charge in [0.05, 0.1) is 29.2 Å². The fourth-order valence-electron chi connectivity index (χ4n) is 1.50. The Hall–Kier alpha value is -2.31. The average Bonchev–Trinajstić information content (AvgIpc) is 2.36. The highest BCUT2D eigenvalue weighted by Crippen LogP contribution is 2.28. The van der Waals surface area contributed by atoms with Crippen LogP contribution in [0, 0.1) is 34.0 Å². The van der Waals surface area contributed by atoms with E-state index in [2.05, 4.69) is 6.07 Å². The molecule has 3 nitrogen and oxygen atoms in total. The fourth-order valence-corrected chi connectivity index (χ4v) is 1.50. The number of rotatable bonds is 3. The van der Waals surface area contributed by atoms with Gasteiger partial charge in [-0.05, 0) is 31.0 Å². The number of hydrogen-bond acceptors (Lipinski definition) is 3. The number of benzene rings is 1. The van der Waals surface area contributed by atoms with E-state index < -0.39 is 5.41 Å². The lowest BCUT2D eigenvalue weighted by molar-refractivity contribution is 0.562. The van der Waals surface area contributed by atoms with Crippen molar-refractivity contribution in [3.05, 3.63) is 35.4 Å². The Morgan fingerprint density at radius 2 is 2.00 bits per heavy atom. The van der Waals surface area contributed by atoms with Gasteiger partial charge in [0.25, 0.3) is 0 Å². The third kappa shape index (κ3) is 2.38. The number of nitriles is 3. The van der Waals surface area contributed by atoms with Crippen LogP contribution in [0.3, 0.4) is 0 Å². The van der Waals surface area contributed by atoms with E-state index in [1.54, 1.807) is 25.1 Å². The van der Waals surface area contributed by atoms with Crippen molar-refractivity contribution >= 4 is 0 Å². The van der Waals surface area contributed by atoms with Gasteiger partial charge < -0.3 is 0 Å². The standard InChI is InChI=1S/C13H11N3/c1-13(10-16,6-3-7-14)12-5-2-4-11(8-12)9-15/h2,4-5,8H,3,6H2,1H3. The van der Waals surface area contributed by atoms with Crippen LogP contribution in [0.1, 0.15) is 30.9 Å². The number of hydrogen-bond donors (Lipinski definition) is 0. The molecule has 0 aliphatic rings. The van der Waals surface area contributed by atoms with E-state index in [9.17, 15) is 5.26 Å². The zero-order valence-corrected chi connectivity index (χ0v) is 9.07. The highest BCUT2D eigenvalue weighted by Gasteiger charge is 2.26. The normalized spacial score (nSPS) is 12.9. The molecule has 0 aromatic heterocycles. The summed E-state index contributed by atoms with van der Waals surface area (Å²) < 4.78 is 0. The van der Waals surface area contributed by atoms with Crippen LogP contribution >= 0.6 is 0 Å². The minimum Gasteiger partial charge on any atom is -0.198 e. The van der Waals surface area contributed by atoms with E-state index in [1.807, 2.05) is 18.2 Å². The van der Waals surface area contributed by atoms with Crippen LogP contribution in [0.25, 0.3) is 0 Å². The van der Waals surface area contributed by atoms with E-state index in [1.165, 1.54) is 0 Å². The van der Waals surface area contributed by atoms with Crippen molar-refractivity contribution in [3.8, 4) is 18.2 Å². The fraction of sp³-hybridized carbons (Fsp3) is 0.308. The summed E-state index contributed by atoms with van der Waals surface area (Å²) in [5.74, 6) is 0. The molecule has 0 radical (unpaired) electrons. The van der Waals surface area contributed by atoms with Crippen LogP contribution in [-0.2, 0) is 5.41 Å². The molecule has 1 atom stereocenters. The van der Waals surface area contributed by atoms with Crippen LogP contribution in [0.15, 0.2) is 24.3 Å².